The number of sulfone groups is 1. The molecule has 0 spiro atoms. The molecule has 1 atom stereocenters. The molecule has 5 N–H and O–H groups in total. The van der Waals surface area contributed by atoms with Gasteiger partial charge in [0, 0.05) is 0 Å². The van der Waals surface area contributed by atoms with Crippen LogP contribution in [0.3, 0.4) is 0 Å². The first-order chi connectivity index (χ1) is 6.70. The molecule has 0 aliphatic heterocycles. The van der Waals surface area contributed by atoms with Crippen LogP contribution < -0.4 is 11.5 Å². The molecule has 0 radical (unpaired) electrons. The Hall–Kier alpha value is -0.800. The molecule has 15 heavy (non-hydrogen) atoms. The molecule has 0 heterocycles. The highest BCUT2D eigenvalue weighted by molar-refractivity contribution is 7.93. The van der Waals surface area contributed by atoms with Gasteiger partial charge in [-0.1, -0.05) is 0 Å². The van der Waals surface area contributed by atoms with Crippen LogP contribution in [0, 0.1) is 0 Å². The van der Waals surface area contributed by atoms with Crippen molar-refractivity contribution in [3.63, 3.8) is 0 Å². The van der Waals surface area contributed by atoms with Crippen molar-refractivity contribution in [1.29, 1.82) is 0 Å². The molecule has 0 amide bonds. The molecule has 0 aliphatic carbocycles. The zero-order valence-electron chi connectivity index (χ0n) is 7.69. The normalized spacial score (nSPS) is 16.3. The van der Waals surface area contributed by atoms with E-state index in [0.717, 1.165) is 0 Å². The van der Waals surface area contributed by atoms with Crippen LogP contribution in [0.5, 0.6) is 0 Å². The second-order valence-electron chi connectivity index (χ2n) is 2.89. The van der Waals surface area contributed by atoms with Gasteiger partial charge in [0.2, 0.25) is 14.7 Å². The van der Waals surface area contributed by atoms with Crippen molar-refractivity contribution < 1.29 is 27.1 Å². The minimum atomic E-state index is -5.22. The van der Waals surface area contributed by atoms with Gasteiger partial charge in [-0.15, -0.1) is 0 Å². The van der Waals surface area contributed by atoms with Crippen molar-refractivity contribution in [2.75, 3.05) is 6.54 Å². The van der Waals surface area contributed by atoms with Crippen molar-refractivity contribution in [1.82, 2.24) is 0 Å². The second kappa shape index (κ2) is 4.81. The van der Waals surface area contributed by atoms with E-state index < -0.39 is 32.9 Å². The van der Waals surface area contributed by atoms with E-state index in [1.54, 1.807) is 0 Å². The lowest BCUT2D eigenvalue weighted by Crippen LogP contribution is -2.56. The number of hydrogen-bond donors (Lipinski definition) is 3. The highest BCUT2D eigenvalue weighted by Gasteiger charge is 2.51. The molecule has 1 unspecified atom stereocenters. The Morgan fingerprint density at radius 3 is 2.20 bits per heavy atom. The predicted molar refractivity (Wildman–Crippen MR) is 47.8 cm³/mol. The van der Waals surface area contributed by atoms with E-state index in [9.17, 15) is 22.0 Å². The summed E-state index contributed by atoms with van der Waals surface area (Å²) in [5.41, 5.74) is 10.0. The summed E-state index contributed by atoms with van der Waals surface area (Å²) in [4.78, 5) is 7.63. The first kappa shape index (κ1) is 14.2. The maximum absolute atomic E-state index is 12.1. The fraction of sp³-hybridized carbons (Fsp3) is 0.833. The number of carboxylic acid groups (broad SMARTS) is 1. The van der Waals surface area contributed by atoms with E-state index >= 15 is 0 Å². The summed E-state index contributed by atoms with van der Waals surface area (Å²) < 4.78 is 46.3. The van der Waals surface area contributed by atoms with E-state index in [1.165, 1.54) is 0 Å². The standard InChI is InChI=1S/C6H12F2N2O4S/c7-5(8)15(13,14)6(10,4(11)12)2-1-3-9/h5H,1-3,9-10H2,(H,11,12). The van der Waals surface area contributed by atoms with Crippen LogP contribution in [-0.2, 0) is 14.6 Å². The number of hydrogen-bond acceptors (Lipinski definition) is 5. The molecule has 0 aromatic rings. The lowest BCUT2D eigenvalue weighted by atomic mass is 10.1. The number of halogens is 2. The molecule has 0 aromatic carbocycles. The smallest absolute Gasteiger partial charge is 0.339 e. The summed E-state index contributed by atoms with van der Waals surface area (Å²) in [6, 6.07) is 0. The Morgan fingerprint density at radius 2 is 1.93 bits per heavy atom. The molecule has 0 rings (SSSR count). The fourth-order valence-electron chi connectivity index (χ4n) is 0.895. The molecule has 0 saturated carbocycles. The molecule has 0 aromatic heterocycles. The maximum atomic E-state index is 12.1. The van der Waals surface area contributed by atoms with Crippen molar-refractivity contribution in [3.8, 4) is 0 Å². The number of carboxylic acids is 1. The number of rotatable bonds is 6. The molecular formula is C6H12F2N2O4S. The average molecular weight is 246 g/mol. The maximum Gasteiger partial charge on any atom is 0.339 e. The summed E-state index contributed by atoms with van der Waals surface area (Å²) in [7, 11) is -5.22. The molecule has 90 valence electrons. The Balaban J connectivity index is 5.21. The Kier molecular flexibility index (Phi) is 4.56. The van der Waals surface area contributed by atoms with Crippen LogP contribution in [-0.4, -0.2) is 36.7 Å². The summed E-state index contributed by atoms with van der Waals surface area (Å²) in [5.74, 6) is -5.83. The third kappa shape index (κ3) is 2.61. The molecule has 9 heteroatoms. The van der Waals surface area contributed by atoms with E-state index in [2.05, 4.69) is 0 Å². The van der Waals surface area contributed by atoms with Crippen molar-refractivity contribution in [2.45, 2.75) is 23.5 Å². The lowest BCUT2D eigenvalue weighted by molar-refractivity contribution is -0.140. The minimum absolute atomic E-state index is 0.0367. The zero-order valence-corrected chi connectivity index (χ0v) is 8.51. The third-order valence-electron chi connectivity index (χ3n) is 1.86. The van der Waals surface area contributed by atoms with Crippen LogP contribution in [0.1, 0.15) is 12.8 Å². The molecule has 0 bridgehead atoms. The number of alkyl halides is 2. The number of aliphatic carboxylic acids is 1. The van der Waals surface area contributed by atoms with E-state index in [0.29, 0.717) is 0 Å². The summed E-state index contributed by atoms with van der Waals surface area (Å²) >= 11 is 0. The molecule has 0 aliphatic rings. The van der Waals surface area contributed by atoms with Gasteiger partial charge in [-0.25, -0.2) is 13.2 Å². The largest absolute Gasteiger partial charge is 0.479 e. The predicted octanol–water partition coefficient (Wildman–Crippen LogP) is -0.898. The molecule has 0 saturated heterocycles. The first-order valence-corrected chi connectivity index (χ1v) is 5.48. The topological polar surface area (TPSA) is 123 Å². The second-order valence-corrected chi connectivity index (χ2v) is 5.07. The van der Waals surface area contributed by atoms with E-state index in [-0.39, 0.29) is 13.0 Å². The van der Waals surface area contributed by atoms with Crippen LogP contribution in [0.15, 0.2) is 0 Å². The quantitative estimate of drug-likeness (QED) is 0.558. The van der Waals surface area contributed by atoms with Gasteiger partial charge in [0.1, 0.15) is 0 Å². The SMILES string of the molecule is NCCCC(N)(C(=O)O)S(=O)(=O)C(F)F. The first-order valence-electron chi connectivity index (χ1n) is 3.94. The van der Waals surface area contributed by atoms with Gasteiger partial charge in [0.15, 0.2) is 0 Å². The van der Waals surface area contributed by atoms with Crippen molar-refractivity contribution in [2.24, 2.45) is 11.5 Å². The third-order valence-corrected chi connectivity index (χ3v) is 3.72. The van der Waals surface area contributed by atoms with Crippen LogP contribution in [0.2, 0.25) is 0 Å². The molecule has 0 fully saturated rings. The van der Waals surface area contributed by atoms with Gasteiger partial charge in [0.25, 0.3) is 0 Å². The monoisotopic (exact) mass is 246 g/mol. The summed E-state index contributed by atoms with van der Waals surface area (Å²) in [5, 5.41) is 8.57. The number of nitrogens with two attached hydrogens (primary N) is 2. The van der Waals surface area contributed by atoms with Gasteiger partial charge in [-0.3, -0.25) is 0 Å². The molecule has 6 nitrogen and oxygen atoms in total. The van der Waals surface area contributed by atoms with Crippen LogP contribution in [0.25, 0.3) is 0 Å². The van der Waals surface area contributed by atoms with Gasteiger partial charge >= 0.3 is 11.7 Å². The van der Waals surface area contributed by atoms with Crippen LogP contribution in [0.4, 0.5) is 8.78 Å². The Labute approximate surface area is 85.2 Å². The lowest BCUT2D eigenvalue weighted by Gasteiger charge is -2.23. The van der Waals surface area contributed by atoms with Crippen LogP contribution >= 0.6 is 0 Å². The van der Waals surface area contributed by atoms with Gasteiger partial charge < -0.3 is 16.6 Å². The van der Waals surface area contributed by atoms with Gasteiger partial charge in [-0.05, 0) is 19.4 Å². The number of carbonyl (C=O) groups is 1. The summed E-state index contributed by atoms with van der Waals surface area (Å²) in [6.07, 6.45) is -0.722. The highest BCUT2D eigenvalue weighted by atomic mass is 32.2. The van der Waals surface area contributed by atoms with Gasteiger partial charge in [0.05, 0.1) is 0 Å². The van der Waals surface area contributed by atoms with Crippen molar-refractivity contribution in [3.05, 3.63) is 0 Å². The Bertz CT molecular complexity index is 332. The van der Waals surface area contributed by atoms with E-state index in [4.69, 9.17) is 16.6 Å². The average Bonchev–Trinajstić information content (AvgIpc) is 2.13. The molecular weight excluding hydrogens is 234 g/mol. The minimum Gasteiger partial charge on any atom is -0.479 e. The van der Waals surface area contributed by atoms with Crippen molar-refractivity contribution >= 4 is 15.8 Å². The highest BCUT2D eigenvalue weighted by Crippen LogP contribution is 2.24. The Morgan fingerprint density at radius 1 is 1.47 bits per heavy atom. The zero-order chi connectivity index (χ0) is 12.3. The fourth-order valence-corrected chi connectivity index (χ4v) is 1.88. The van der Waals surface area contributed by atoms with Gasteiger partial charge in [-0.2, -0.15) is 8.78 Å². The van der Waals surface area contributed by atoms with E-state index in [1.807, 2.05) is 0 Å². The summed E-state index contributed by atoms with van der Waals surface area (Å²) in [6.45, 7) is -0.0367.